The quantitative estimate of drug-likeness (QED) is 0.566. The van der Waals surface area contributed by atoms with Gasteiger partial charge in [-0.15, -0.1) is 0 Å². The van der Waals surface area contributed by atoms with Crippen LogP contribution in [0.1, 0.15) is 26.7 Å². The zero-order valence-electron chi connectivity index (χ0n) is 14.4. The third-order valence-corrected chi connectivity index (χ3v) is 4.05. The molecule has 0 aliphatic carbocycles. The number of aliphatic hydroxyl groups is 2. The largest absolute Gasteiger partial charge is 0.392 e. The van der Waals surface area contributed by atoms with E-state index in [1.54, 1.807) is 0 Å². The number of likely N-dealkylation sites (N-methyl/N-ethyl adjacent to an activating group) is 1. The molecule has 1 saturated heterocycles. The molecule has 0 radical (unpaired) electrons. The molecule has 0 spiro atoms. The van der Waals surface area contributed by atoms with E-state index in [9.17, 15) is 10.2 Å². The molecule has 1 aliphatic heterocycles. The predicted molar refractivity (Wildman–Crippen MR) is 87.1 cm³/mol. The van der Waals surface area contributed by atoms with Gasteiger partial charge in [0.15, 0.2) is 0 Å². The van der Waals surface area contributed by atoms with E-state index in [0.29, 0.717) is 32.7 Å². The van der Waals surface area contributed by atoms with Gasteiger partial charge >= 0.3 is 0 Å². The molecule has 3 atom stereocenters. The van der Waals surface area contributed by atoms with Gasteiger partial charge in [0.25, 0.3) is 0 Å². The van der Waals surface area contributed by atoms with Gasteiger partial charge in [-0.1, -0.05) is 6.92 Å². The predicted octanol–water partition coefficient (Wildman–Crippen LogP) is 0.177. The van der Waals surface area contributed by atoms with Gasteiger partial charge < -0.3 is 24.6 Å². The molecule has 132 valence electrons. The van der Waals surface area contributed by atoms with E-state index in [0.717, 1.165) is 32.7 Å². The summed E-state index contributed by atoms with van der Waals surface area (Å²) in [7, 11) is 2.13. The normalized spacial score (nSPS) is 21.7. The Morgan fingerprint density at radius 2 is 1.73 bits per heavy atom. The van der Waals surface area contributed by atoms with Crippen molar-refractivity contribution in [2.24, 2.45) is 0 Å². The van der Waals surface area contributed by atoms with Crippen LogP contribution in [0.4, 0.5) is 0 Å². The molecule has 0 aromatic heterocycles. The fourth-order valence-corrected chi connectivity index (χ4v) is 2.36. The Balaban J connectivity index is 2.00. The number of hydrogen-bond donors (Lipinski definition) is 2. The summed E-state index contributed by atoms with van der Waals surface area (Å²) in [6.07, 6.45) is 0.609. The van der Waals surface area contributed by atoms with E-state index in [-0.39, 0.29) is 12.2 Å². The Kier molecular flexibility index (Phi) is 10.2. The van der Waals surface area contributed by atoms with Crippen molar-refractivity contribution in [3.63, 3.8) is 0 Å². The van der Waals surface area contributed by atoms with Crippen LogP contribution in [0.15, 0.2) is 0 Å². The monoisotopic (exact) mass is 318 g/mol. The van der Waals surface area contributed by atoms with Crippen LogP contribution in [-0.2, 0) is 9.47 Å². The molecule has 0 aromatic rings. The van der Waals surface area contributed by atoms with Crippen molar-refractivity contribution in [2.45, 2.75) is 45.0 Å². The number of hydrogen-bond acceptors (Lipinski definition) is 6. The topological polar surface area (TPSA) is 65.4 Å². The van der Waals surface area contributed by atoms with Crippen molar-refractivity contribution in [3.8, 4) is 0 Å². The van der Waals surface area contributed by atoms with E-state index in [2.05, 4.69) is 16.8 Å². The summed E-state index contributed by atoms with van der Waals surface area (Å²) in [6.45, 7) is 10.2. The molecule has 1 heterocycles. The maximum absolute atomic E-state index is 10.1. The van der Waals surface area contributed by atoms with Crippen LogP contribution in [0.2, 0.25) is 0 Å². The van der Waals surface area contributed by atoms with Crippen molar-refractivity contribution in [1.29, 1.82) is 0 Å². The van der Waals surface area contributed by atoms with Gasteiger partial charge in [-0.2, -0.15) is 0 Å². The van der Waals surface area contributed by atoms with E-state index in [1.807, 2.05) is 13.8 Å². The molecule has 0 amide bonds. The van der Waals surface area contributed by atoms with Gasteiger partial charge in [0, 0.05) is 39.3 Å². The first-order valence-corrected chi connectivity index (χ1v) is 8.47. The molecule has 6 nitrogen and oxygen atoms in total. The lowest BCUT2D eigenvalue weighted by Gasteiger charge is -2.33. The zero-order chi connectivity index (χ0) is 16.4. The molecular weight excluding hydrogens is 284 g/mol. The Bertz CT molecular complexity index is 273. The second kappa shape index (κ2) is 11.3. The van der Waals surface area contributed by atoms with Crippen LogP contribution in [0.5, 0.6) is 0 Å². The summed E-state index contributed by atoms with van der Waals surface area (Å²) < 4.78 is 11.0. The molecular formula is C16H34N2O4. The fraction of sp³-hybridized carbons (Fsp3) is 1.00. The highest BCUT2D eigenvalue weighted by molar-refractivity contribution is 4.72. The Morgan fingerprint density at radius 1 is 1.05 bits per heavy atom. The number of β-amino-alcohol motifs (C(OH)–C–C–N with tert-alkyl or cyclic N) is 1. The van der Waals surface area contributed by atoms with Crippen LogP contribution < -0.4 is 0 Å². The lowest BCUT2D eigenvalue weighted by molar-refractivity contribution is -0.0402. The van der Waals surface area contributed by atoms with Crippen molar-refractivity contribution in [2.75, 3.05) is 59.6 Å². The minimum atomic E-state index is -0.391. The van der Waals surface area contributed by atoms with Gasteiger partial charge in [0.1, 0.15) is 0 Å². The summed E-state index contributed by atoms with van der Waals surface area (Å²) in [5.74, 6) is 0. The maximum atomic E-state index is 10.1. The van der Waals surface area contributed by atoms with Crippen molar-refractivity contribution >= 4 is 0 Å². The van der Waals surface area contributed by atoms with E-state index < -0.39 is 6.10 Å². The lowest BCUT2D eigenvalue weighted by Crippen LogP contribution is -2.47. The summed E-state index contributed by atoms with van der Waals surface area (Å²) in [6, 6.07) is 0. The van der Waals surface area contributed by atoms with Gasteiger partial charge in [-0.3, -0.25) is 4.90 Å². The van der Waals surface area contributed by atoms with Crippen LogP contribution in [-0.4, -0.2) is 97.9 Å². The van der Waals surface area contributed by atoms with Crippen LogP contribution in [0.25, 0.3) is 0 Å². The standard InChI is InChI=1S/C16H34N2O4/c1-4-15(19)13-21-12-14(2)22-10-5-16(20)11-18-8-6-17(3)7-9-18/h14-16,19-20H,4-13H2,1-3H3. The highest BCUT2D eigenvalue weighted by Crippen LogP contribution is 2.04. The lowest BCUT2D eigenvalue weighted by atomic mass is 10.2. The Hall–Kier alpha value is -0.240. The SMILES string of the molecule is CCC(O)COCC(C)OCCC(O)CN1CCN(C)CC1. The van der Waals surface area contributed by atoms with Crippen molar-refractivity contribution in [3.05, 3.63) is 0 Å². The number of rotatable bonds is 11. The molecule has 0 saturated carbocycles. The first-order chi connectivity index (χ1) is 10.5. The number of aliphatic hydroxyl groups excluding tert-OH is 2. The molecule has 2 N–H and O–H groups in total. The number of piperazine rings is 1. The van der Waals surface area contributed by atoms with Gasteiger partial charge in [0.05, 0.1) is 31.5 Å². The van der Waals surface area contributed by atoms with Crippen LogP contribution >= 0.6 is 0 Å². The van der Waals surface area contributed by atoms with Crippen molar-refractivity contribution in [1.82, 2.24) is 9.80 Å². The summed E-state index contributed by atoms with van der Waals surface area (Å²) in [4.78, 5) is 4.62. The van der Waals surface area contributed by atoms with Gasteiger partial charge in [-0.25, -0.2) is 0 Å². The molecule has 22 heavy (non-hydrogen) atoms. The second-order valence-electron chi connectivity index (χ2n) is 6.33. The summed E-state index contributed by atoms with van der Waals surface area (Å²) in [5.41, 5.74) is 0. The fourth-order valence-electron chi connectivity index (χ4n) is 2.36. The number of nitrogens with zero attached hydrogens (tertiary/aromatic N) is 2. The van der Waals surface area contributed by atoms with Gasteiger partial charge in [0.2, 0.25) is 0 Å². The van der Waals surface area contributed by atoms with Crippen molar-refractivity contribution < 1.29 is 19.7 Å². The maximum Gasteiger partial charge on any atom is 0.0780 e. The highest BCUT2D eigenvalue weighted by atomic mass is 16.5. The van der Waals surface area contributed by atoms with Gasteiger partial charge in [-0.05, 0) is 26.8 Å². The molecule has 1 aliphatic rings. The van der Waals surface area contributed by atoms with E-state index in [1.165, 1.54) is 0 Å². The third-order valence-electron chi connectivity index (χ3n) is 4.05. The van der Waals surface area contributed by atoms with Crippen LogP contribution in [0.3, 0.4) is 0 Å². The average molecular weight is 318 g/mol. The molecule has 0 bridgehead atoms. The second-order valence-corrected chi connectivity index (χ2v) is 6.33. The molecule has 1 rings (SSSR count). The van der Waals surface area contributed by atoms with E-state index in [4.69, 9.17) is 9.47 Å². The summed E-state index contributed by atoms with van der Waals surface area (Å²) in [5, 5.41) is 19.4. The minimum absolute atomic E-state index is 0.0140. The van der Waals surface area contributed by atoms with E-state index >= 15 is 0 Å². The minimum Gasteiger partial charge on any atom is -0.392 e. The Labute approximate surface area is 135 Å². The smallest absolute Gasteiger partial charge is 0.0780 e. The molecule has 0 aromatic carbocycles. The molecule has 6 heteroatoms. The third kappa shape index (κ3) is 9.02. The molecule has 1 fully saturated rings. The zero-order valence-corrected chi connectivity index (χ0v) is 14.4. The first-order valence-electron chi connectivity index (χ1n) is 8.47. The van der Waals surface area contributed by atoms with Crippen LogP contribution in [0, 0.1) is 0 Å². The summed E-state index contributed by atoms with van der Waals surface area (Å²) >= 11 is 0. The Morgan fingerprint density at radius 3 is 2.36 bits per heavy atom. The average Bonchev–Trinajstić information content (AvgIpc) is 2.49. The highest BCUT2D eigenvalue weighted by Gasteiger charge is 2.17. The first kappa shape index (κ1) is 19.8. The number of ether oxygens (including phenoxy) is 2. The molecule has 3 unspecified atom stereocenters.